The maximum Gasteiger partial charge on any atom is 0.170 e. The molecule has 2 aliphatic heterocycles. The smallest absolute Gasteiger partial charge is 0.170 e. The van der Waals surface area contributed by atoms with Crippen molar-refractivity contribution in [3.05, 3.63) is 29.3 Å². The predicted molar refractivity (Wildman–Crippen MR) is 71.7 cm³/mol. The summed E-state index contributed by atoms with van der Waals surface area (Å²) in [4.78, 5) is 12.4. The van der Waals surface area contributed by atoms with Gasteiger partial charge in [-0.15, -0.1) is 0 Å². The van der Waals surface area contributed by atoms with Gasteiger partial charge in [0.1, 0.15) is 23.7 Å². The zero-order chi connectivity index (χ0) is 12.9. The summed E-state index contributed by atoms with van der Waals surface area (Å²) in [6.07, 6.45) is 8.81. The molecule has 0 atom stereocenters. The molecule has 3 nitrogen and oxygen atoms in total. The first-order valence-electron chi connectivity index (χ1n) is 6.96. The fraction of sp³-hybridized carbons (Fsp3) is 0.438. The summed E-state index contributed by atoms with van der Waals surface area (Å²) >= 11 is 0. The average molecular weight is 256 g/mol. The Balaban J connectivity index is 1.86. The minimum atomic E-state index is -0.246. The molecule has 3 heteroatoms. The van der Waals surface area contributed by atoms with Gasteiger partial charge in [0.05, 0.1) is 17.5 Å². The number of Topliss-reactive ketones (excluding diaryl/α,β-unsaturated/α-hetero) is 1. The van der Waals surface area contributed by atoms with Gasteiger partial charge in [-0.2, -0.15) is 0 Å². The van der Waals surface area contributed by atoms with Crippen LogP contribution in [0.3, 0.4) is 0 Å². The van der Waals surface area contributed by atoms with Crippen molar-refractivity contribution in [2.24, 2.45) is 0 Å². The summed E-state index contributed by atoms with van der Waals surface area (Å²) < 4.78 is 11.9. The molecule has 3 aliphatic rings. The van der Waals surface area contributed by atoms with Crippen LogP contribution in [-0.4, -0.2) is 18.0 Å². The van der Waals surface area contributed by atoms with E-state index in [0.29, 0.717) is 18.6 Å². The molecule has 98 valence electrons. The van der Waals surface area contributed by atoms with Gasteiger partial charge in [-0.25, -0.2) is 0 Å². The van der Waals surface area contributed by atoms with Gasteiger partial charge in [-0.05, 0) is 50.0 Å². The second kappa shape index (κ2) is 3.86. The molecule has 0 N–H and O–H groups in total. The molecule has 1 spiro atoms. The van der Waals surface area contributed by atoms with Crippen molar-refractivity contribution in [2.75, 3.05) is 6.61 Å². The zero-order valence-electron chi connectivity index (χ0n) is 10.8. The number of hydrogen-bond donors (Lipinski definition) is 0. The third kappa shape index (κ3) is 1.61. The molecule has 0 bridgehead atoms. The van der Waals surface area contributed by atoms with Gasteiger partial charge in [-0.3, -0.25) is 4.79 Å². The van der Waals surface area contributed by atoms with Crippen molar-refractivity contribution in [2.45, 2.75) is 37.7 Å². The Morgan fingerprint density at radius 3 is 2.84 bits per heavy atom. The molecule has 0 saturated heterocycles. The van der Waals surface area contributed by atoms with Crippen molar-refractivity contribution in [3.8, 4) is 11.5 Å². The van der Waals surface area contributed by atoms with Crippen LogP contribution in [0.5, 0.6) is 11.5 Å². The van der Waals surface area contributed by atoms with E-state index in [2.05, 4.69) is 0 Å². The van der Waals surface area contributed by atoms with E-state index in [-0.39, 0.29) is 11.4 Å². The van der Waals surface area contributed by atoms with E-state index in [1.54, 1.807) is 0 Å². The van der Waals surface area contributed by atoms with E-state index in [0.717, 1.165) is 42.7 Å². The molecular formula is C16H16O3. The monoisotopic (exact) mass is 256 g/mol. The van der Waals surface area contributed by atoms with E-state index < -0.39 is 0 Å². The van der Waals surface area contributed by atoms with Crippen molar-refractivity contribution in [1.82, 2.24) is 0 Å². The molecule has 2 heterocycles. The van der Waals surface area contributed by atoms with Gasteiger partial charge < -0.3 is 9.47 Å². The number of rotatable bonds is 0. The summed E-state index contributed by atoms with van der Waals surface area (Å²) in [5, 5.41) is 0. The molecule has 1 aromatic carbocycles. The number of ketones is 1. The lowest BCUT2D eigenvalue weighted by molar-refractivity contribution is 0.0446. The molecule has 1 saturated carbocycles. The predicted octanol–water partition coefficient (Wildman–Crippen LogP) is 3.37. The summed E-state index contributed by atoms with van der Waals surface area (Å²) in [6, 6.07) is 3.73. The topological polar surface area (TPSA) is 35.5 Å². The SMILES string of the molecule is O=C1CC2(CCCC2)Oc2c1ccc1c2C=CCO1. The molecule has 1 fully saturated rings. The van der Waals surface area contributed by atoms with Crippen LogP contribution in [0.15, 0.2) is 18.2 Å². The lowest BCUT2D eigenvalue weighted by Gasteiger charge is -2.36. The van der Waals surface area contributed by atoms with E-state index in [9.17, 15) is 4.79 Å². The number of carbonyl (C=O) groups is 1. The fourth-order valence-electron chi connectivity index (χ4n) is 3.44. The molecule has 0 aromatic heterocycles. The Morgan fingerprint density at radius 2 is 2.00 bits per heavy atom. The third-order valence-corrected chi connectivity index (χ3v) is 4.39. The van der Waals surface area contributed by atoms with Crippen LogP contribution in [-0.2, 0) is 0 Å². The van der Waals surface area contributed by atoms with E-state index in [1.165, 1.54) is 0 Å². The van der Waals surface area contributed by atoms with Crippen LogP contribution >= 0.6 is 0 Å². The Hall–Kier alpha value is -1.77. The van der Waals surface area contributed by atoms with Crippen molar-refractivity contribution in [3.63, 3.8) is 0 Å². The zero-order valence-corrected chi connectivity index (χ0v) is 10.8. The molecule has 1 aromatic rings. The number of ether oxygens (including phenoxy) is 2. The average Bonchev–Trinajstić information content (AvgIpc) is 2.86. The maximum atomic E-state index is 12.4. The van der Waals surface area contributed by atoms with Crippen LogP contribution < -0.4 is 9.47 Å². The second-order valence-electron chi connectivity index (χ2n) is 5.66. The Labute approximate surface area is 112 Å². The molecule has 0 radical (unpaired) electrons. The molecule has 4 rings (SSSR count). The first-order valence-corrected chi connectivity index (χ1v) is 6.96. The lowest BCUT2D eigenvalue weighted by atomic mass is 9.87. The highest BCUT2D eigenvalue weighted by atomic mass is 16.5. The highest BCUT2D eigenvalue weighted by Gasteiger charge is 2.43. The lowest BCUT2D eigenvalue weighted by Crippen LogP contribution is -2.39. The molecule has 0 amide bonds. The minimum absolute atomic E-state index is 0.213. The van der Waals surface area contributed by atoms with Crippen LogP contribution in [0.2, 0.25) is 0 Å². The number of carbonyl (C=O) groups excluding carboxylic acids is 1. The third-order valence-electron chi connectivity index (χ3n) is 4.39. The van der Waals surface area contributed by atoms with Crippen LogP contribution in [0.1, 0.15) is 48.0 Å². The van der Waals surface area contributed by atoms with Crippen molar-refractivity contribution >= 4 is 11.9 Å². The summed E-state index contributed by atoms with van der Waals surface area (Å²) in [5.74, 6) is 1.78. The maximum absolute atomic E-state index is 12.4. The van der Waals surface area contributed by atoms with Crippen molar-refractivity contribution < 1.29 is 14.3 Å². The first kappa shape index (κ1) is 11.1. The summed E-state index contributed by atoms with van der Waals surface area (Å²) in [6.45, 7) is 0.588. The Bertz CT molecular complexity index is 580. The Kier molecular flexibility index (Phi) is 2.25. The van der Waals surface area contributed by atoms with Gasteiger partial charge >= 0.3 is 0 Å². The van der Waals surface area contributed by atoms with Gasteiger partial charge in [0, 0.05) is 0 Å². The second-order valence-corrected chi connectivity index (χ2v) is 5.66. The van der Waals surface area contributed by atoms with Crippen LogP contribution in [0.25, 0.3) is 6.08 Å². The standard InChI is InChI=1S/C16H16O3/c17-13-10-16(7-1-2-8-16)19-15-11(13)5-6-14-12(15)4-3-9-18-14/h3-6H,1-2,7-10H2. The molecular weight excluding hydrogens is 240 g/mol. The number of hydrogen-bond acceptors (Lipinski definition) is 3. The quantitative estimate of drug-likeness (QED) is 0.714. The van der Waals surface area contributed by atoms with Gasteiger partial charge in [0.2, 0.25) is 0 Å². The van der Waals surface area contributed by atoms with E-state index in [4.69, 9.17) is 9.47 Å². The van der Waals surface area contributed by atoms with E-state index in [1.807, 2.05) is 24.3 Å². The van der Waals surface area contributed by atoms with Crippen molar-refractivity contribution in [1.29, 1.82) is 0 Å². The van der Waals surface area contributed by atoms with Crippen LogP contribution in [0.4, 0.5) is 0 Å². The van der Waals surface area contributed by atoms with Gasteiger partial charge in [-0.1, -0.05) is 0 Å². The van der Waals surface area contributed by atoms with Gasteiger partial charge in [0.15, 0.2) is 5.78 Å². The highest BCUT2D eigenvalue weighted by Crippen LogP contribution is 2.47. The molecule has 1 aliphatic carbocycles. The molecule has 0 unspecified atom stereocenters. The minimum Gasteiger partial charge on any atom is -0.489 e. The summed E-state index contributed by atoms with van der Waals surface area (Å²) in [7, 11) is 0. The number of fused-ring (bicyclic) bond motifs is 3. The normalized spacial score (nSPS) is 22.6. The fourth-order valence-corrected chi connectivity index (χ4v) is 3.44. The largest absolute Gasteiger partial charge is 0.489 e. The van der Waals surface area contributed by atoms with E-state index >= 15 is 0 Å². The molecule has 19 heavy (non-hydrogen) atoms. The summed E-state index contributed by atoms with van der Waals surface area (Å²) in [5.41, 5.74) is 1.40. The highest BCUT2D eigenvalue weighted by molar-refractivity contribution is 6.02. The Morgan fingerprint density at radius 1 is 1.16 bits per heavy atom. The van der Waals surface area contributed by atoms with Gasteiger partial charge in [0.25, 0.3) is 0 Å². The number of benzene rings is 1. The van der Waals surface area contributed by atoms with Crippen LogP contribution in [0, 0.1) is 0 Å². The first-order chi connectivity index (χ1) is 9.27.